The minimum absolute atomic E-state index is 0.0648. The van der Waals surface area contributed by atoms with Crippen molar-refractivity contribution in [2.45, 2.75) is 32.5 Å². The van der Waals surface area contributed by atoms with Gasteiger partial charge in [-0.3, -0.25) is 14.5 Å². The molecule has 138 valence electrons. The SMILES string of the molecule is C[C@@H]1Cc2c(nn(C)c2C(=O)N2CCN(c3ccncc3)CC2)[C@H](C)O1. The topological polar surface area (TPSA) is 63.5 Å². The summed E-state index contributed by atoms with van der Waals surface area (Å²) in [4.78, 5) is 21.5. The van der Waals surface area contributed by atoms with Crippen LogP contribution in [0.25, 0.3) is 0 Å². The highest BCUT2D eigenvalue weighted by atomic mass is 16.5. The van der Waals surface area contributed by atoms with Crippen molar-refractivity contribution in [1.82, 2.24) is 19.7 Å². The predicted molar refractivity (Wildman–Crippen MR) is 98.2 cm³/mol. The Morgan fingerprint density at radius 3 is 2.54 bits per heavy atom. The minimum atomic E-state index is -0.0648. The molecule has 0 spiro atoms. The van der Waals surface area contributed by atoms with Crippen molar-refractivity contribution in [3.8, 4) is 0 Å². The molecule has 0 saturated carbocycles. The minimum Gasteiger partial charge on any atom is -0.369 e. The van der Waals surface area contributed by atoms with E-state index in [1.807, 2.05) is 37.9 Å². The van der Waals surface area contributed by atoms with Gasteiger partial charge in [0, 0.05) is 63.3 Å². The van der Waals surface area contributed by atoms with Crippen molar-refractivity contribution in [3.05, 3.63) is 41.5 Å². The van der Waals surface area contributed by atoms with E-state index in [1.165, 1.54) is 0 Å². The average molecular weight is 355 g/mol. The second kappa shape index (κ2) is 6.72. The maximum atomic E-state index is 13.2. The van der Waals surface area contributed by atoms with Gasteiger partial charge in [0.05, 0.1) is 17.9 Å². The van der Waals surface area contributed by atoms with E-state index < -0.39 is 0 Å². The number of hydrogen-bond donors (Lipinski definition) is 0. The third kappa shape index (κ3) is 2.96. The molecular formula is C19H25N5O2. The lowest BCUT2D eigenvalue weighted by molar-refractivity contribution is -0.00714. The van der Waals surface area contributed by atoms with Crippen LogP contribution in [0.1, 0.15) is 41.7 Å². The zero-order valence-corrected chi connectivity index (χ0v) is 15.6. The molecule has 2 aromatic heterocycles. The fourth-order valence-electron chi connectivity index (χ4n) is 4.00. The van der Waals surface area contributed by atoms with Gasteiger partial charge in [0.15, 0.2) is 0 Å². The fourth-order valence-corrected chi connectivity index (χ4v) is 4.00. The van der Waals surface area contributed by atoms with Gasteiger partial charge in [-0.2, -0.15) is 5.10 Å². The summed E-state index contributed by atoms with van der Waals surface area (Å²) in [6.45, 7) is 7.13. The molecular weight excluding hydrogens is 330 g/mol. The van der Waals surface area contributed by atoms with Gasteiger partial charge in [0.25, 0.3) is 5.91 Å². The summed E-state index contributed by atoms with van der Waals surface area (Å²) in [6, 6.07) is 4.02. The zero-order valence-electron chi connectivity index (χ0n) is 15.6. The van der Waals surface area contributed by atoms with E-state index in [4.69, 9.17) is 4.74 Å². The van der Waals surface area contributed by atoms with E-state index in [0.29, 0.717) is 13.1 Å². The number of carbonyl (C=O) groups is 1. The first kappa shape index (κ1) is 17.0. The van der Waals surface area contributed by atoms with E-state index in [9.17, 15) is 4.79 Å². The quantitative estimate of drug-likeness (QED) is 0.822. The molecule has 26 heavy (non-hydrogen) atoms. The lowest BCUT2D eigenvalue weighted by Crippen LogP contribution is -2.49. The normalized spacial score (nSPS) is 23.0. The third-order valence-corrected chi connectivity index (χ3v) is 5.29. The first-order valence-electron chi connectivity index (χ1n) is 9.20. The Labute approximate surface area is 153 Å². The van der Waals surface area contributed by atoms with Crippen LogP contribution in [0.5, 0.6) is 0 Å². The van der Waals surface area contributed by atoms with Crippen LogP contribution in [0, 0.1) is 0 Å². The smallest absolute Gasteiger partial charge is 0.272 e. The molecule has 2 atom stereocenters. The molecule has 0 unspecified atom stereocenters. The molecule has 1 saturated heterocycles. The van der Waals surface area contributed by atoms with Crippen LogP contribution in [0.3, 0.4) is 0 Å². The maximum Gasteiger partial charge on any atom is 0.272 e. The number of aryl methyl sites for hydroxylation is 1. The number of aromatic nitrogens is 3. The maximum absolute atomic E-state index is 13.2. The lowest BCUT2D eigenvalue weighted by atomic mass is 9.99. The van der Waals surface area contributed by atoms with Crippen LogP contribution in [-0.2, 0) is 18.2 Å². The molecule has 7 heteroatoms. The fraction of sp³-hybridized carbons (Fsp3) is 0.526. The Balaban J connectivity index is 1.51. The zero-order chi connectivity index (χ0) is 18.3. The van der Waals surface area contributed by atoms with E-state index in [-0.39, 0.29) is 18.1 Å². The van der Waals surface area contributed by atoms with Crippen molar-refractivity contribution >= 4 is 11.6 Å². The highest BCUT2D eigenvalue weighted by Gasteiger charge is 2.33. The Morgan fingerprint density at radius 1 is 1.15 bits per heavy atom. The number of piperazine rings is 1. The summed E-state index contributed by atoms with van der Waals surface area (Å²) in [5.41, 5.74) is 3.84. The summed E-state index contributed by atoms with van der Waals surface area (Å²) in [5.74, 6) is 0.0805. The van der Waals surface area contributed by atoms with Crippen molar-refractivity contribution in [1.29, 1.82) is 0 Å². The number of pyridine rings is 1. The van der Waals surface area contributed by atoms with E-state index in [1.54, 1.807) is 17.1 Å². The molecule has 0 bridgehead atoms. The average Bonchev–Trinajstić information content (AvgIpc) is 2.98. The van der Waals surface area contributed by atoms with Crippen LogP contribution >= 0.6 is 0 Å². The summed E-state index contributed by atoms with van der Waals surface area (Å²) in [7, 11) is 1.86. The molecule has 1 amide bonds. The second-order valence-electron chi connectivity index (χ2n) is 7.11. The van der Waals surface area contributed by atoms with E-state index >= 15 is 0 Å². The molecule has 0 aromatic carbocycles. The van der Waals surface area contributed by atoms with Gasteiger partial charge in [-0.05, 0) is 26.0 Å². The van der Waals surface area contributed by atoms with Crippen molar-refractivity contribution in [2.24, 2.45) is 7.05 Å². The van der Waals surface area contributed by atoms with Gasteiger partial charge in [-0.1, -0.05) is 0 Å². The van der Waals surface area contributed by atoms with Gasteiger partial charge >= 0.3 is 0 Å². The molecule has 0 N–H and O–H groups in total. The van der Waals surface area contributed by atoms with Crippen molar-refractivity contribution < 1.29 is 9.53 Å². The van der Waals surface area contributed by atoms with Crippen LogP contribution in [0.15, 0.2) is 24.5 Å². The Hall–Kier alpha value is -2.41. The molecule has 2 aliphatic heterocycles. The molecule has 2 aliphatic rings. The van der Waals surface area contributed by atoms with E-state index in [2.05, 4.69) is 15.0 Å². The number of amides is 1. The number of hydrogen-bond acceptors (Lipinski definition) is 5. The molecule has 7 nitrogen and oxygen atoms in total. The van der Waals surface area contributed by atoms with Crippen molar-refractivity contribution in [2.75, 3.05) is 31.1 Å². The van der Waals surface area contributed by atoms with Gasteiger partial charge in [-0.15, -0.1) is 0 Å². The van der Waals surface area contributed by atoms with Gasteiger partial charge in [-0.25, -0.2) is 0 Å². The van der Waals surface area contributed by atoms with Crippen LogP contribution in [-0.4, -0.2) is 57.9 Å². The van der Waals surface area contributed by atoms with E-state index in [0.717, 1.165) is 42.1 Å². The summed E-state index contributed by atoms with van der Waals surface area (Å²) in [5, 5.41) is 4.57. The summed E-state index contributed by atoms with van der Waals surface area (Å²) < 4.78 is 7.59. The van der Waals surface area contributed by atoms with Crippen LogP contribution in [0.4, 0.5) is 5.69 Å². The summed E-state index contributed by atoms with van der Waals surface area (Å²) >= 11 is 0. The Kier molecular flexibility index (Phi) is 4.40. The Bertz CT molecular complexity index is 796. The van der Waals surface area contributed by atoms with Gasteiger partial charge in [0.1, 0.15) is 5.69 Å². The largest absolute Gasteiger partial charge is 0.369 e. The van der Waals surface area contributed by atoms with Crippen molar-refractivity contribution in [3.63, 3.8) is 0 Å². The first-order valence-corrected chi connectivity index (χ1v) is 9.20. The molecule has 4 rings (SSSR count). The number of ether oxygens (including phenoxy) is 1. The molecule has 2 aromatic rings. The number of fused-ring (bicyclic) bond motifs is 1. The third-order valence-electron chi connectivity index (χ3n) is 5.29. The molecule has 0 aliphatic carbocycles. The monoisotopic (exact) mass is 355 g/mol. The standard InChI is InChI=1S/C19H25N5O2/c1-13-12-16-17(14(2)26-13)21-22(3)18(16)19(25)24-10-8-23(9-11-24)15-4-6-20-7-5-15/h4-7,13-14H,8-12H2,1-3H3/t13-,14+/m1/s1. The van der Waals surface area contributed by atoms with Crippen LogP contribution in [0.2, 0.25) is 0 Å². The molecule has 1 fully saturated rings. The molecule has 4 heterocycles. The summed E-state index contributed by atoms with van der Waals surface area (Å²) in [6.07, 6.45) is 4.39. The molecule has 0 radical (unpaired) electrons. The number of rotatable bonds is 2. The predicted octanol–water partition coefficient (Wildman–Crippen LogP) is 1.80. The first-order chi connectivity index (χ1) is 12.5. The number of carbonyl (C=O) groups excluding carboxylic acids is 1. The highest BCUT2D eigenvalue weighted by Crippen LogP contribution is 2.31. The second-order valence-corrected chi connectivity index (χ2v) is 7.11. The van der Waals surface area contributed by atoms with Crippen LogP contribution < -0.4 is 4.90 Å². The Morgan fingerprint density at radius 2 is 1.85 bits per heavy atom. The number of nitrogens with zero attached hydrogens (tertiary/aromatic N) is 5. The number of anilines is 1. The van der Waals surface area contributed by atoms with Gasteiger partial charge < -0.3 is 14.5 Å². The lowest BCUT2D eigenvalue weighted by Gasteiger charge is -2.36. The highest BCUT2D eigenvalue weighted by molar-refractivity contribution is 5.94. The van der Waals surface area contributed by atoms with Gasteiger partial charge in [0.2, 0.25) is 0 Å².